The lowest BCUT2D eigenvalue weighted by Gasteiger charge is -2.35. The minimum absolute atomic E-state index is 0.421. The number of carbonyl (C=O) groups is 8. The summed E-state index contributed by atoms with van der Waals surface area (Å²) in [5.41, 5.74) is -4.02. The summed E-state index contributed by atoms with van der Waals surface area (Å²) in [7, 11) is 0. The molecular weight excluding hydrogens is 744 g/mol. The Morgan fingerprint density at radius 3 is 1.12 bits per heavy atom. The molecule has 1 unspecified atom stereocenters. The van der Waals surface area contributed by atoms with E-state index in [2.05, 4.69) is 32.9 Å². The zero-order chi connectivity index (χ0) is 42.8. The highest BCUT2D eigenvalue weighted by molar-refractivity contribution is 5.83. The van der Waals surface area contributed by atoms with Crippen molar-refractivity contribution in [1.82, 2.24) is 0 Å². The van der Waals surface area contributed by atoms with Crippen molar-refractivity contribution in [3.8, 4) is 0 Å². The van der Waals surface area contributed by atoms with Crippen molar-refractivity contribution in [1.29, 1.82) is 0 Å². The summed E-state index contributed by atoms with van der Waals surface area (Å²) in [5, 5.41) is 10.0. The Morgan fingerprint density at radius 1 is 0.500 bits per heavy atom. The summed E-state index contributed by atoms with van der Waals surface area (Å²) >= 11 is 0. The second kappa shape index (κ2) is 26.2. The summed E-state index contributed by atoms with van der Waals surface area (Å²) in [6.45, 7) is 16.2. The van der Waals surface area contributed by atoms with Gasteiger partial charge in [0.1, 0.15) is 59.0 Å². The number of hydrogen-bond donors (Lipinski definition) is 1. The highest BCUT2D eigenvalue weighted by atomic mass is 16.6. The quantitative estimate of drug-likeness (QED) is 0.0619. The van der Waals surface area contributed by atoms with E-state index in [9.17, 15) is 43.5 Å². The SMILES string of the molecule is C=CC(=O)OCC(COCC(COC(=O)C=C)(COC(=O)C=C)COC(=O)CCC(=O)OCC(O)COC(=O)C(C)(C)CC)(COC(=O)C=C)COC(=O)C=C. The Labute approximate surface area is 325 Å². The molecule has 0 aliphatic carbocycles. The molecule has 0 spiro atoms. The molecule has 0 rings (SSSR count). The van der Waals surface area contributed by atoms with E-state index >= 15 is 0 Å². The van der Waals surface area contributed by atoms with Gasteiger partial charge in [0.2, 0.25) is 0 Å². The van der Waals surface area contributed by atoms with Crippen molar-refractivity contribution in [2.24, 2.45) is 16.2 Å². The Balaban J connectivity index is 6.07. The van der Waals surface area contributed by atoms with E-state index in [1.807, 2.05) is 0 Å². The summed E-state index contributed by atoms with van der Waals surface area (Å²) < 4.78 is 47.3. The normalized spacial score (nSPS) is 11.6. The van der Waals surface area contributed by atoms with Gasteiger partial charge in [0, 0.05) is 30.4 Å². The van der Waals surface area contributed by atoms with Gasteiger partial charge in [-0.3, -0.25) is 14.4 Å². The first-order chi connectivity index (χ1) is 26.3. The minimum atomic E-state index is -1.67. The van der Waals surface area contributed by atoms with Gasteiger partial charge >= 0.3 is 47.8 Å². The molecule has 0 aliphatic rings. The lowest BCUT2D eigenvalue weighted by atomic mass is 9.90. The van der Waals surface area contributed by atoms with Crippen LogP contribution in [-0.2, 0) is 81.0 Å². The minimum Gasteiger partial charge on any atom is -0.465 e. The lowest BCUT2D eigenvalue weighted by Crippen LogP contribution is -2.47. The van der Waals surface area contributed by atoms with Crippen LogP contribution in [0.2, 0.25) is 0 Å². The van der Waals surface area contributed by atoms with Crippen molar-refractivity contribution >= 4 is 47.8 Å². The first kappa shape index (κ1) is 50.4. The first-order valence-corrected chi connectivity index (χ1v) is 17.1. The van der Waals surface area contributed by atoms with Crippen LogP contribution in [0.3, 0.4) is 0 Å². The van der Waals surface area contributed by atoms with Crippen LogP contribution in [-0.4, -0.2) is 125 Å². The van der Waals surface area contributed by atoms with Crippen LogP contribution in [0.15, 0.2) is 63.3 Å². The van der Waals surface area contributed by atoms with Crippen LogP contribution in [0, 0.1) is 16.2 Å². The average Bonchev–Trinajstić information content (AvgIpc) is 3.20. The molecule has 0 saturated carbocycles. The number of carbonyl (C=O) groups excluding carboxylic acids is 8. The fourth-order valence-electron chi connectivity index (χ4n) is 3.73. The van der Waals surface area contributed by atoms with Gasteiger partial charge in [-0.15, -0.1) is 0 Å². The van der Waals surface area contributed by atoms with E-state index in [1.54, 1.807) is 20.8 Å². The van der Waals surface area contributed by atoms with Gasteiger partial charge in [0.05, 0.1) is 42.3 Å². The average molecular weight is 797 g/mol. The van der Waals surface area contributed by atoms with Gasteiger partial charge in [-0.25, -0.2) is 24.0 Å². The van der Waals surface area contributed by atoms with Crippen LogP contribution in [0.1, 0.15) is 40.0 Å². The first-order valence-electron chi connectivity index (χ1n) is 17.1. The molecule has 18 heteroatoms. The van der Waals surface area contributed by atoms with E-state index < -0.39 is 149 Å². The highest BCUT2D eigenvalue weighted by Gasteiger charge is 2.40. The van der Waals surface area contributed by atoms with Crippen LogP contribution in [0.5, 0.6) is 0 Å². The molecule has 0 aromatic heterocycles. The van der Waals surface area contributed by atoms with Gasteiger partial charge in [0.25, 0.3) is 0 Å². The summed E-state index contributed by atoms with van der Waals surface area (Å²) in [6.07, 6.45) is 2.41. The van der Waals surface area contributed by atoms with Crippen molar-refractivity contribution in [3.05, 3.63) is 63.3 Å². The number of hydrogen-bond acceptors (Lipinski definition) is 18. The Kier molecular flexibility index (Phi) is 23.6. The predicted molar refractivity (Wildman–Crippen MR) is 194 cm³/mol. The number of rotatable bonds is 30. The maximum Gasteiger partial charge on any atom is 0.330 e. The number of aliphatic hydroxyl groups excluding tert-OH is 1. The molecule has 1 atom stereocenters. The fourth-order valence-corrected chi connectivity index (χ4v) is 3.73. The number of ether oxygens (including phenoxy) is 9. The molecule has 0 saturated heterocycles. The van der Waals surface area contributed by atoms with Gasteiger partial charge in [-0.05, 0) is 20.3 Å². The molecule has 18 nitrogen and oxygen atoms in total. The smallest absolute Gasteiger partial charge is 0.330 e. The van der Waals surface area contributed by atoms with Crippen LogP contribution in [0.25, 0.3) is 0 Å². The van der Waals surface area contributed by atoms with Crippen molar-refractivity contribution < 1.29 is 86.1 Å². The molecule has 0 aliphatic heterocycles. The third-order valence-corrected chi connectivity index (χ3v) is 7.61. The second-order valence-corrected chi connectivity index (χ2v) is 12.9. The second-order valence-electron chi connectivity index (χ2n) is 12.9. The lowest BCUT2D eigenvalue weighted by molar-refractivity contribution is -0.172. The molecular formula is C38H52O18. The molecule has 0 aromatic carbocycles. The van der Waals surface area contributed by atoms with E-state index in [-0.39, 0.29) is 0 Å². The molecule has 0 heterocycles. The van der Waals surface area contributed by atoms with Gasteiger partial charge in [-0.2, -0.15) is 0 Å². The predicted octanol–water partition coefficient (Wildman–Crippen LogP) is 1.83. The summed E-state index contributed by atoms with van der Waals surface area (Å²) in [6, 6.07) is 0. The van der Waals surface area contributed by atoms with Crippen LogP contribution in [0.4, 0.5) is 0 Å². The van der Waals surface area contributed by atoms with Crippen molar-refractivity contribution in [3.63, 3.8) is 0 Å². The van der Waals surface area contributed by atoms with E-state index in [1.165, 1.54) is 0 Å². The van der Waals surface area contributed by atoms with Gasteiger partial charge in [-0.1, -0.05) is 39.8 Å². The molecule has 0 amide bonds. The molecule has 0 bridgehead atoms. The summed E-state index contributed by atoms with van der Waals surface area (Å²) in [5.74, 6) is -6.86. The molecule has 0 radical (unpaired) electrons. The Morgan fingerprint density at radius 2 is 0.804 bits per heavy atom. The Bertz CT molecular complexity index is 1340. The third kappa shape index (κ3) is 20.7. The van der Waals surface area contributed by atoms with Gasteiger partial charge in [0.15, 0.2) is 0 Å². The fraction of sp³-hybridized carbons (Fsp3) is 0.526. The molecule has 1 N–H and O–H groups in total. The molecule has 0 aromatic rings. The Hall–Kier alpha value is -5.62. The topological polar surface area (TPSA) is 240 Å². The number of esters is 8. The largest absolute Gasteiger partial charge is 0.465 e. The zero-order valence-corrected chi connectivity index (χ0v) is 32.1. The molecule has 0 fully saturated rings. The monoisotopic (exact) mass is 796 g/mol. The van der Waals surface area contributed by atoms with Crippen LogP contribution >= 0.6 is 0 Å². The maximum absolute atomic E-state index is 12.8. The van der Waals surface area contributed by atoms with E-state index in [0.29, 0.717) is 6.42 Å². The van der Waals surface area contributed by atoms with E-state index in [4.69, 9.17) is 42.6 Å². The van der Waals surface area contributed by atoms with Crippen LogP contribution < -0.4 is 0 Å². The van der Waals surface area contributed by atoms with Gasteiger partial charge < -0.3 is 47.7 Å². The standard InChI is InChI=1S/C38H52O18/c1-9-28(40)51-21-37(22-52-29(41)10-2,23-53-30(42)11-3)19-48-20-38(24-54-31(43)12-4,25-55-32(44)13-5)26-56-34(46)16-15-33(45)49-17-27(39)18-50-35(47)36(7,8)14-6/h9-13,27,39H,1-5,14-26H2,6-8H3. The van der Waals surface area contributed by atoms with E-state index in [0.717, 1.165) is 30.4 Å². The third-order valence-electron chi connectivity index (χ3n) is 7.61. The highest BCUT2D eigenvalue weighted by Crippen LogP contribution is 2.26. The summed E-state index contributed by atoms with van der Waals surface area (Å²) in [4.78, 5) is 97.3. The maximum atomic E-state index is 12.8. The van der Waals surface area contributed by atoms with Crippen molar-refractivity contribution in [2.45, 2.75) is 46.1 Å². The zero-order valence-electron chi connectivity index (χ0n) is 32.1. The molecule has 312 valence electrons. The number of aliphatic hydroxyl groups is 1. The van der Waals surface area contributed by atoms with Crippen molar-refractivity contribution in [2.75, 3.05) is 66.1 Å². The molecule has 56 heavy (non-hydrogen) atoms.